The van der Waals surface area contributed by atoms with E-state index in [2.05, 4.69) is 17.4 Å². The molecule has 2 aromatic heterocycles. The van der Waals surface area contributed by atoms with Crippen LogP contribution < -0.4 is 5.32 Å². The number of nitrogens with one attached hydrogen (secondary N) is 1. The van der Waals surface area contributed by atoms with Crippen LogP contribution in [0.15, 0.2) is 4.52 Å². The molecule has 0 saturated carbocycles. The molecule has 7 heteroatoms. The average Bonchev–Trinajstić information content (AvgIpc) is 3.28. The highest BCUT2D eigenvalue weighted by Gasteiger charge is 2.31. The van der Waals surface area contributed by atoms with Gasteiger partial charge in [0.1, 0.15) is 10.8 Å². The minimum atomic E-state index is -0.363. The van der Waals surface area contributed by atoms with Crippen LogP contribution >= 0.6 is 11.3 Å². The smallest absolute Gasteiger partial charge is 0.341 e. The molecule has 138 valence electrons. The predicted octanol–water partition coefficient (Wildman–Crippen LogP) is 3.78. The number of aryl methyl sites for hydroxylation is 2. The van der Waals surface area contributed by atoms with E-state index in [9.17, 15) is 9.59 Å². The van der Waals surface area contributed by atoms with Gasteiger partial charge in [-0.3, -0.25) is 4.79 Å². The Morgan fingerprint density at radius 1 is 1.31 bits per heavy atom. The summed E-state index contributed by atoms with van der Waals surface area (Å²) < 4.78 is 10.6. The Balaban J connectivity index is 1.63. The van der Waals surface area contributed by atoms with Crippen molar-refractivity contribution in [3.05, 3.63) is 33.0 Å². The minimum absolute atomic E-state index is 0.311. The molecular formula is C19H22N2O4S. The SMILES string of the molecule is CCOC(=O)c1c(NC(=O)c2noc3c2C[C@@H](C)CC3)sc2c1CCC2. The number of nitrogens with zero attached hydrogens (tertiary/aromatic N) is 1. The Hall–Kier alpha value is -2.15. The van der Waals surface area contributed by atoms with Crippen molar-refractivity contribution in [2.75, 3.05) is 11.9 Å². The number of rotatable bonds is 4. The van der Waals surface area contributed by atoms with Crippen LogP contribution in [0.25, 0.3) is 0 Å². The number of ether oxygens (including phenoxy) is 1. The van der Waals surface area contributed by atoms with Crippen molar-refractivity contribution >= 4 is 28.2 Å². The van der Waals surface area contributed by atoms with Crippen molar-refractivity contribution in [2.45, 2.75) is 52.4 Å². The molecule has 1 atom stereocenters. The van der Waals surface area contributed by atoms with Crippen molar-refractivity contribution in [3.8, 4) is 0 Å². The number of esters is 1. The second-order valence-electron chi connectivity index (χ2n) is 7.02. The van der Waals surface area contributed by atoms with Gasteiger partial charge in [0, 0.05) is 16.9 Å². The van der Waals surface area contributed by atoms with E-state index in [1.807, 2.05) is 0 Å². The third kappa shape index (κ3) is 2.94. The second-order valence-corrected chi connectivity index (χ2v) is 8.12. The van der Waals surface area contributed by atoms with E-state index >= 15 is 0 Å². The lowest BCUT2D eigenvalue weighted by Crippen LogP contribution is -2.19. The van der Waals surface area contributed by atoms with Crippen LogP contribution in [0.3, 0.4) is 0 Å². The molecule has 0 spiro atoms. The molecule has 0 unspecified atom stereocenters. The molecule has 2 aromatic rings. The quantitative estimate of drug-likeness (QED) is 0.824. The van der Waals surface area contributed by atoms with Crippen molar-refractivity contribution in [1.29, 1.82) is 0 Å². The lowest BCUT2D eigenvalue weighted by atomic mass is 9.88. The Morgan fingerprint density at radius 3 is 2.96 bits per heavy atom. The summed E-state index contributed by atoms with van der Waals surface area (Å²) in [7, 11) is 0. The van der Waals surface area contributed by atoms with Crippen molar-refractivity contribution < 1.29 is 18.8 Å². The molecule has 1 N–H and O–H groups in total. The number of fused-ring (bicyclic) bond motifs is 2. The second kappa shape index (κ2) is 6.87. The number of hydrogen-bond donors (Lipinski definition) is 1. The fraction of sp³-hybridized carbons (Fsp3) is 0.526. The summed E-state index contributed by atoms with van der Waals surface area (Å²) in [6.07, 6.45) is 5.50. The normalized spacial score (nSPS) is 18.3. The Labute approximate surface area is 155 Å². The largest absolute Gasteiger partial charge is 0.462 e. The molecule has 0 radical (unpaired) electrons. The van der Waals surface area contributed by atoms with Crippen molar-refractivity contribution in [2.24, 2.45) is 5.92 Å². The van der Waals surface area contributed by atoms with E-state index in [4.69, 9.17) is 9.26 Å². The molecule has 26 heavy (non-hydrogen) atoms. The van der Waals surface area contributed by atoms with Crippen LogP contribution in [-0.2, 0) is 30.4 Å². The molecule has 0 aromatic carbocycles. The molecule has 2 aliphatic rings. The standard InChI is InChI=1S/C19H22N2O4S/c1-3-24-19(23)15-11-5-4-6-14(11)26-18(15)20-17(22)16-12-9-10(2)7-8-13(12)25-21-16/h10H,3-9H2,1-2H3,(H,20,22)/t10-/m0/s1. The van der Waals surface area contributed by atoms with Crippen LogP contribution in [0.4, 0.5) is 5.00 Å². The molecule has 2 heterocycles. The highest BCUT2D eigenvalue weighted by atomic mass is 32.1. The summed E-state index contributed by atoms with van der Waals surface area (Å²) in [5.41, 5.74) is 2.79. The van der Waals surface area contributed by atoms with Gasteiger partial charge in [0.2, 0.25) is 0 Å². The van der Waals surface area contributed by atoms with Gasteiger partial charge < -0.3 is 14.6 Å². The number of amides is 1. The summed E-state index contributed by atoms with van der Waals surface area (Å²) in [5, 5.41) is 7.48. The monoisotopic (exact) mass is 374 g/mol. The summed E-state index contributed by atoms with van der Waals surface area (Å²) in [6, 6.07) is 0. The van der Waals surface area contributed by atoms with E-state index < -0.39 is 0 Å². The molecule has 0 aliphatic heterocycles. The topological polar surface area (TPSA) is 81.4 Å². The van der Waals surface area contributed by atoms with Crippen LogP contribution in [-0.4, -0.2) is 23.6 Å². The summed E-state index contributed by atoms with van der Waals surface area (Å²) in [5.74, 6) is 0.647. The number of aromatic nitrogens is 1. The zero-order valence-corrected chi connectivity index (χ0v) is 15.8. The molecule has 0 saturated heterocycles. The summed E-state index contributed by atoms with van der Waals surface area (Å²) in [4.78, 5) is 26.4. The Bertz CT molecular complexity index is 867. The molecule has 0 bridgehead atoms. The molecular weight excluding hydrogens is 352 g/mol. The lowest BCUT2D eigenvalue weighted by molar-refractivity contribution is 0.0527. The first-order valence-corrected chi connectivity index (χ1v) is 10.0. The van der Waals surface area contributed by atoms with Crippen LogP contribution in [0.2, 0.25) is 0 Å². The van der Waals surface area contributed by atoms with E-state index in [1.54, 1.807) is 6.92 Å². The summed E-state index contributed by atoms with van der Waals surface area (Å²) in [6.45, 7) is 4.26. The predicted molar refractivity (Wildman–Crippen MR) is 97.9 cm³/mol. The van der Waals surface area contributed by atoms with Crippen molar-refractivity contribution in [1.82, 2.24) is 5.16 Å². The van der Waals surface area contributed by atoms with Crippen molar-refractivity contribution in [3.63, 3.8) is 0 Å². The van der Waals surface area contributed by atoms with Gasteiger partial charge in [-0.05, 0) is 50.5 Å². The maximum atomic E-state index is 12.8. The van der Waals surface area contributed by atoms with E-state index in [0.717, 1.165) is 55.4 Å². The Kier molecular flexibility index (Phi) is 4.56. The zero-order valence-electron chi connectivity index (χ0n) is 15.0. The van der Waals surface area contributed by atoms with Crippen LogP contribution in [0.1, 0.15) is 69.3 Å². The lowest BCUT2D eigenvalue weighted by Gasteiger charge is -2.16. The van der Waals surface area contributed by atoms with Gasteiger partial charge >= 0.3 is 5.97 Å². The molecule has 1 amide bonds. The van der Waals surface area contributed by atoms with Gasteiger partial charge in [-0.25, -0.2) is 4.79 Å². The highest BCUT2D eigenvalue weighted by Crippen LogP contribution is 2.40. The number of hydrogen-bond acceptors (Lipinski definition) is 6. The molecule has 6 nitrogen and oxygen atoms in total. The highest BCUT2D eigenvalue weighted by molar-refractivity contribution is 7.17. The number of thiophene rings is 1. The first-order valence-electron chi connectivity index (χ1n) is 9.18. The van der Waals surface area contributed by atoms with E-state index in [1.165, 1.54) is 16.2 Å². The van der Waals surface area contributed by atoms with Crippen LogP contribution in [0.5, 0.6) is 0 Å². The van der Waals surface area contributed by atoms with Gasteiger partial charge in [0.25, 0.3) is 5.91 Å². The van der Waals surface area contributed by atoms with Crippen LogP contribution in [0, 0.1) is 5.92 Å². The first kappa shape index (κ1) is 17.3. The third-order valence-electron chi connectivity index (χ3n) is 5.13. The maximum absolute atomic E-state index is 12.8. The van der Waals surface area contributed by atoms with Gasteiger partial charge in [-0.15, -0.1) is 11.3 Å². The number of carbonyl (C=O) groups excluding carboxylic acids is 2. The van der Waals surface area contributed by atoms with E-state index in [-0.39, 0.29) is 11.9 Å². The fourth-order valence-electron chi connectivity index (χ4n) is 3.83. The molecule has 4 rings (SSSR count). The Morgan fingerprint density at radius 2 is 2.15 bits per heavy atom. The average molecular weight is 374 g/mol. The third-order valence-corrected chi connectivity index (χ3v) is 6.34. The van der Waals surface area contributed by atoms with Gasteiger partial charge in [0.05, 0.1) is 12.2 Å². The van der Waals surface area contributed by atoms with Gasteiger partial charge in [0.15, 0.2) is 5.69 Å². The van der Waals surface area contributed by atoms with Gasteiger partial charge in [-0.2, -0.15) is 0 Å². The number of anilines is 1. The maximum Gasteiger partial charge on any atom is 0.341 e. The number of carbonyl (C=O) groups is 2. The molecule has 0 fully saturated rings. The first-order chi connectivity index (χ1) is 12.6. The zero-order chi connectivity index (χ0) is 18.3. The summed E-state index contributed by atoms with van der Waals surface area (Å²) >= 11 is 1.48. The van der Waals surface area contributed by atoms with E-state index in [0.29, 0.717) is 28.8 Å². The molecule has 2 aliphatic carbocycles. The minimum Gasteiger partial charge on any atom is -0.462 e. The fourth-order valence-corrected chi connectivity index (χ4v) is 5.10. The van der Waals surface area contributed by atoms with Gasteiger partial charge in [-0.1, -0.05) is 12.1 Å².